The van der Waals surface area contributed by atoms with E-state index in [0.717, 1.165) is 34.3 Å². The summed E-state index contributed by atoms with van der Waals surface area (Å²) >= 11 is 0. The van der Waals surface area contributed by atoms with E-state index in [0.29, 0.717) is 29.6 Å². The zero-order valence-electron chi connectivity index (χ0n) is 14.4. The van der Waals surface area contributed by atoms with Gasteiger partial charge >= 0.3 is 0 Å². The van der Waals surface area contributed by atoms with E-state index in [2.05, 4.69) is 13.8 Å². The Morgan fingerprint density at radius 1 is 1.20 bits per heavy atom. The Hall–Kier alpha value is -2.82. The van der Waals surface area contributed by atoms with E-state index >= 15 is 0 Å². The van der Waals surface area contributed by atoms with E-state index < -0.39 is 0 Å². The number of fused-ring (bicyclic) bond motifs is 5. The van der Waals surface area contributed by atoms with Crippen molar-refractivity contribution in [3.05, 3.63) is 35.4 Å². The molecule has 130 valence electrons. The highest BCUT2D eigenvalue weighted by Gasteiger charge is 2.29. The molecular formula is C20H20O5. The normalized spacial score (nSPS) is 12.8. The molecule has 1 aliphatic rings. The fourth-order valence-corrected chi connectivity index (χ4v) is 3.47. The van der Waals surface area contributed by atoms with Gasteiger partial charge in [-0.25, -0.2) is 0 Å². The van der Waals surface area contributed by atoms with Crippen LogP contribution in [0.2, 0.25) is 0 Å². The lowest BCUT2D eigenvalue weighted by Crippen LogP contribution is -2.03. The van der Waals surface area contributed by atoms with Crippen molar-refractivity contribution < 1.29 is 24.1 Å². The first-order valence-electron chi connectivity index (χ1n) is 8.30. The molecular weight excluding hydrogens is 320 g/mol. The molecule has 0 radical (unpaired) electrons. The number of aromatic hydroxyl groups is 2. The third-order valence-corrected chi connectivity index (χ3v) is 4.52. The molecule has 0 unspecified atom stereocenters. The average Bonchev–Trinajstić information content (AvgIpc) is 2.93. The van der Waals surface area contributed by atoms with Gasteiger partial charge in [-0.2, -0.15) is 0 Å². The maximum atomic E-state index is 10.3. The molecule has 4 rings (SSSR count). The number of phenolic OH excluding ortho intramolecular Hbond substituents is 2. The lowest BCUT2D eigenvalue weighted by molar-refractivity contribution is 0.295. The van der Waals surface area contributed by atoms with Crippen LogP contribution in [0.15, 0.2) is 28.7 Å². The van der Waals surface area contributed by atoms with Gasteiger partial charge in [-0.05, 0) is 24.5 Å². The van der Waals surface area contributed by atoms with E-state index in [4.69, 9.17) is 13.9 Å². The molecule has 3 aromatic rings. The molecule has 0 saturated carbocycles. The average molecular weight is 340 g/mol. The highest BCUT2D eigenvalue weighted by atomic mass is 16.5. The van der Waals surface area contributed by atoms with Crippen LogP contribution in [0.5, 0.6) is 23.0 Å². The summed E-state index contributed by atoms with van der Waals surface area (Å²) in [6.07, 6.45) is 0.822. The molecule has 2 aromatic carbocycles. The second-order valence-corrected chi connectivity index (χ2v) is 6.76. The maximum Gasteiger partial charge on any atom is 0.149 e. The minimum absolute atomic E-state index is 0.0435. The summed E-state index contributed by atoms with van der Waals surface area (Å²) in [6, 6.07) is 6.69. The largest absolute Gasteiger partial charge is 0.508 e. The Labute approximate surface area is 145 Å². The number of hydrogen-bond acceptors (Lipinski definition) is 5. The van der Waals surface area contributed by atoms with Crippen molar-refractivity contribution in [1.29, 1.82) is 0 Å². The molecule has 0 bridgehead atoms. The molecule has 0 atom stereocenters. The van der Waals surface area contributed by atoms with Crippen LogP contribution in [0.1, 0.15) is 25.0 Å². The van der Waals surface area contributed by atoms with Crippen molar-refractivity contribution in [2.24, 2.45) is 5.92 Å². The molecule has 1 aromatic heterocycles. The fraction of sp³-hybridized carbons (Fsp3) is 0.300. The smallest absolute Gasteiger partial charge is 0.149 e. The summed E-state index contributed by atoms with van der Waals surface area (Å²) in [6.45, 7) is 4.62. The second kappa shape index (κ2) is 5.62. The number of methoxy groups -OCH3 is 1. The lowest BCUT2D eigenvalue weighted by atomic mass is 9.97. The lowest BCUT2D eigenvalue weighted by Gasteiger charge is -2.17. The van der Waals surface area contributed by atoms with Gasteiger partial charge in [0.05, 0.1) is 7.11 Å². The zero-order chi connectivity index (χ0) is 17.7. The summed E-state index contributed by atoms with van der Waals surface area (Å²) < 4.78 is 17.5. The fourth-order valence-electron chi connectivity index (χ4n) is 3.47. The topological polar surface area (TPSA) is 72.1 Å². The minimum Gasteiger partial charge on any atom is -0.508 e. The maximum absolute atomic E-state index is 10.3. The second-order valence-electron chi connectivity index (χ2n) is 6.76. The van der Waals surface area contributed by atoms with Gasteiger partial charge in [0.2, 0.25) is 0 Å². The van der Waals surface area contributed by atoms with Crippen LogP contribution in [0.25, 0.3) is 22.3 Å². The van der Waals surface area contributed by atoms with E-state index in [1.165, 1.54) is 12.1 Å². The molecule has 0 amide bonds. The molecule has 0 aliphatic carbocycles. The van der Waals surface area contributed by atoms with Crippen LogP contribution in [0.3, 0.4) is 0 Å². The Kier molecular flexibility index (Phi) is 3.53. The quantitative estimate of drug-likeness (QED) is 0.728. The number of hydrogen-bond donors (Lipinski definition) is 2. The Balaban J connectivity index is 2.01. The third-order valence-electron chi connectivity index (χ3n) is 4.52. The van der Waals surface area contributed by atoms with Crippen molar-refractivity contribution in [2.45, 2.75) is 26.9 Å². The van der Waals surface area contributed by atoms with Crippen LogP contribution in [0.4, 0.5) is 0 Å². The number of benzene rings is 2. The Morgan fingerprint density at radius 2 is 2.00 bits per heavy atom. The molecule has 0 fully saturated rings. The SMILES string of the molecule is COc1ccc2c3c(oc2c1CC(C)C)-c1c(O)cc(O)cc1OC3. The molecule has 0 saturated heterocycles. The summed E-state index contributed by atoms with van der Waals surface area (Å²) in [4.78, 5) is 0. The predicted molar refractivity (Wildman–Crippen MR) is 94.4 cm³/mol. The molecule has 2 N–H and O–H groups in total. The number of phenols is 2. The standard InChI is InChI=1S/C20H20O5/c1-10(2)6-13-16(23-3)5-4-12-14-9-24-17-8-11(21)7-15(22)18(17)20(14)25-19(12)13/h4-5,7-8,10,21-22H,6,9H2,1-3H3. The van der Waals surface area contributed by atoms with Crippen LogP contribution < -0.4 is 9.47 Å². The highest BCUT2D eigenvalue weighted by Crippen LogP contribution is 2.49. The molecule has 5 nitrogen and oxygen atoms in total. The minimum atomic E-state index is -0.0626. The third kappa shape index (κ3) is 2.38. The molecule has 5 heteroatoms. The monoisotopic (exact) mass is 340 g/mol. The van der Waals surface area contributed by atoms with Gasteiger partial charge in [0.25, 0.3) is 0 Å². The van der Waals surface area contributed by atoms with Crippen molar-refractivity contribution >= 4 is 11.0 Å². The Bertz CT molecular complexity index is 968. The van der Waals surface area contributed by atoms with Crippen LogP contribution in [-0.4, -0.2) is 17.3 Å². The van der Waals surface area contributed by atoms with Gasteiger partial charge in [-0.15, -0.1) is 0 Å². The van der Waals surface area contributed by atoms with E-state index in [1.807, 2.05) is 12.1 Å². The van der Waals surface area contributed by atoms with Crippen molar-refractivity contribution in [2.75, 3.05) is 7.11 Å². The van der Waals surface area contributed by atoms with Crippen molar-refractivity contribution in [3.63, 3.8) is 0 Å². The van der Waals surface area contributed by atoms with E-state index in [-0.39, 0.29) is 11.5 Å². The first-order valence-corrected chi connectivity index (χ1v) is 8.30. The summed E-state index contributed by atoms with van der Waals surface area (Å²) in [5.41, 5.74) is 3.16. The first-order chi connectivity index (χ1) is 12.0. The number of rotatable bonds is 3. The van der Waals surface area contributed by atoms with Crippen LogP contribution in [-0.2, 0) is 13.0 Å². The van der Waals surface area contributed by atoms with Crippen LogP contribution in [0, 0.1) is 5.92 Å². The van der Waals surface area contributed by atoms with Gasteiger partial charge in [0.15, 0.2) is 0 Å². The Morgan fingerprint density at radius 3 is 2.72 bits per heavy atom. The van der Waals surface area contributed by atoms with Gasteiger partial charge < -0.3 is 24.1 Å². The molecule has 25 heavy (non-hydrogen) atoms. The molecule has 2 heterocycles. The van der Waals surface area contributed by atoms with Gasteiger partial charge in [0.1, 0.15) is 46.5 Å². The summed E-state index contributed by atoms with van der Waals surface area (Å²) in [5.74, 6) is 2.14. The first kappa shape index (κ1) is 15.7. The number of furan rings is 1. The highest BCUT2D eigenvalue weighted by molar-refractivity contribution is 5.94. The van der Waals surface area contributed by atoms with E-state index in [1.54, 1.807) is 7.11 Å². The molecule has 1 aliphatic heterocycles. The summed E-state index contributed by atoms with van der Waals surface area (Å²) in [5, 5.41) is 20.9. The van der Waals surface area contributed by atoms with Gasteiger partial charge in [-0.3, -0.25) is 0 Å². The van der Waals surface area contributed by atoms with Crippen molar-refractivity contribution in [1.82, 2.24) is 0 Å². The number of ether oxygens (including phenoxy) is 2. The zero-order valence-corrected chi connectivity index (χ0v) is 14.4. The summed E-state index contributed by atoms with van der Waals surface area (Å²) in [7, 11) is 1.65. The molecule has 0 spiro atoms. The van der Waals surface area contributed by atoms with Gasteiger partial charge in [-0.1, -0.05) is 13.8 Å². The van der Waals surface area contributed by atoms with Crippen LogP contribution >= 0.6 is 0 Å². The van der Waals surface area contributed by atoms with E-state index in [9.17, 15) is 10.2 Å². The predicted octanol–water partition coefficient (Wildman–Crippen LogP) is 4.61. The van der Waals surface area contributed by atoms with Crippen molar-refractivity contribution in [3.8, 4) is 34.3 Å². The van der Waals surface area contributed by atoms with Gasteiger partial charge in [0, 0.05) is 28.6 Å².